The molecule has 0 aromatic heterocycles. The SMILES string of the molecule is COC1=CCC([C@@H](C)/C=C(C)/C=C\C=C/C(=O)N[C@@H](C(N)=O)C(C)(C)C)OC1=O. The van der Waals surface area contributed by atoms with Crippen molar-refractivity contribution in [1.82, 2.24) is 5.32 Å². The molecular weight excluding hydrogens is 372 g/mol. The molecule has 3 N–H and O–H groups in total. The van der Waals surface area contributed by atoms with Crippen LogP contribution in [0.25, 0.3) is 0 Å². The lowest BCUT2D eigenvalue weighted by atomic mass is 9.86. The Morgan fingerprint density at radius 2 is 1.93 bits per heavy atom. The molecule has 0 aliphatic carbocycles. The third kappa shape index (κ3) is 7.97. The minimum atomic E-state index is -0.753. The summed E-state index contributed by atoms with van der Waals surface area (Å²) in [5.41, 5.74) is 5.85. The van der Waals surface area contributed by atoms with Crippen LogP contribution in [0.2, 0.25) is 0 Å². The normalized spacial score (nSPS) is 20.2. The molecule has 0 bridgehead atoms. The Kier molecular flexibility index (Phi) is 8.88. The Balaban J connectivity index is 2.62. The molecule has 3 atom stereocenters. The molecule has 0 spiro atoms. The first-order valence-corrected chi connectivity index (χ1v) is 9.53. The van der Waals surface area contributed by atoms with Gasteiger partial charge in [-0.25, -0.2) is 4.79 Å². The lowest BCUT2D eigenvalue weighted by molar-refractivity contribution is -0.151. The van der Waals surface area contributed by atoms with Gasteiger partial charge in [-0.05, 0) is 18.4 Å². The van der Waals surface area contributed by atoms with E-state index in [0.29, 0.717) is 6.42 Å². The van der Waals surface area contributed by atoms with Crippen LogP contribution in [0.4, 0.5) is 0 Å². The van der Waals surface area contributed by atoms with E-state index >= 15 is 0 Å². The van der Waals surface area contributed by atoms with Gasteiger partial charge in [-0.2, -0.15) is 0 Å². The molecule has 0 fully saturated rings. The van der Waals surface area contributed by atoms with Gasteiger partial charge in [0.25, 0.3) is 0 Å². The molecule has 1 heterocycles. The second-order valence-corrected chi connectivity index (χ2v) is 8.15. The fourth-order valence-electron chi connectivity index (χ4n) is 2.87. The van der Waals surface area contributed by atoms with Gasteiger partial charge in [0.15, 0.2) is 5.76 Å². The van der Waals surface area contributed by atoms with E-state index in [1.165, 1.54) is 13.2 Å². The van der Waals surface area contributed by atoms with Crippen LogP contribution in [0, 0.1) is 11.3 Å². The van der Waals surface area contributed by atoms with E-state index in [2.05, 4.69) is 5.32 Å². The summed E-state index contributed by atoms with van der Waals surface area (Å²) in [6.07, 6.45) is 10.6. The van der Waals surface area contributed by atoms with Gasteiger partial charge in [0, 0.05) is 18.4 Å². The zero-order valence-electron chi connectivity index (χ0n) is 18.0. The van der Waals surface area contributed by atoms with Gasteiger partial charge in [-0.1, -0.05) is 57.6 Å². The number of carbonyl (C=O) groups excluding carboxylic acids is 3. The smallest absolute Gasteiger partial charge is 0.373 e. The number of primary amides is 1. The minimum absolute atomic E-state index is 0.0219. The molecule has 1 rings (SSSR count). The summed E-state index contributed by atoms with van der Waals surface area (Å²) < 4.78 is 10.3. The Morgan fingerprint density at radius 1 is 1.31 bits per heavy atom. The Bertz CT molecular complexity index is 741. The summed E-state index contributed by atoms with van der Waals surface area (Å²) in [4.78, 5) is 35.3. The third-order valence-corrected chi connectivity index (χ3v) is 4.48. The topological polar surface area (TPSA) is 108 Å². The Hall–Kier alpha value is -2.83. The molecule has 29 heavy (non-hydrogen) atoms. The third-order valence-electron chi connectivity index (χ3n) is 4.48. The van der Waals surface area contributed by atoms with Crippen molar-refractivity contribution < 1.29 is 23.9 Å². The van der Waals surface area contributed by atoms with Gasteiger partial charge in [0.2, 0.25) is 11.8 Å². The molecule has 1 aliphatic rings. The number of rotatable bonds is 8. The zero-order chi connectivity index (χ0) is 22.2. The number of amides is 2. The quantitative estimate of drug-likeness (QED) is 0.367. The molecule has 1 aliphatic heterocycles. The average Bonchev–Trinajstić information content (AvgIpc) is 2.61. The van der Waals surface area contributed by atoms with E-state index in [0.717, 1.165) is 5.57 Å². The highest BCUT2D eigenvalue weighted by molar-refractivity contribution is 5.93. The van der Waals surface area contributed by atoms with E-state index in [9.17, 15) is 14.4 Å². The molecule has 2 amide bonds. The second-order valence-electron chi connectivity index (χ2n) is 8.15. The molecule has 0 saturated heterocycles. The first kappa shape index (κ1) is 24.2. The average molecular weight is 405 g/mol. The van der Waals surface area contributed by atoms with Crippen LogP contribution < -0.4 is 11.1 Å². The van der Waals surface area contributed by atoms with Crippen molar-refractivity contribution in [3.05, 3.63) is 47.8 Å². The van der Waals surface area contributed by atoms with Crippen LogP contribution in [0.5, 0.6) is 0 Å². The van der Waals surface area contributed by atoms with Crippen molar-refractivity contribution >= 4 is 17.8 Å². The number of ether oxygens (including phenoxy) is 2. The minimum Gasteiger partial charge on any atom is -0.490 e. The Morgan fingerprint density at radius 3 is 2.45 bits per heavy atom. The number of methoxy groups -OCH3 is 1. The molecule has 0 saturated carbocycles. The fourth-order valence-corrected chi connectivity index (χ4v) is 2.87. The number of allylic oxidation sites excluding steroid dienone is 4. The highest BCUT2D eigenvalue weighted by Gasteiger charge is 2.30. The number of hydrogen-bond donors (Lipinski definition) is 2. The number of carbonyl (C=O) groups is 3. The number of esters is 1. The summed E-state index contributed by atoms with van der Waals surface area (Å²) in [5.74, 6) is -1.15. The molecule has 0 aromatic rings. The maximum atomic E-state index is 12.0. The van der Waals surface area contributed by atoms with Crippen molar-refractivity contribution in [2.75, 3.05) is 7.11 Å². The van der Waals surface area contributed by atoms with Gasteiger partial charge in [0.05, 0.1) is 7.11 Å². The molecular formula is C22H32N2O5. The van der Waals surface area contributed by atoms with E-state index in [4.69, 9.17) is 15.2 Å². The number of hydrogen-bond acceptors (Lipinski definition) is 5. The van der Waals surface area contributed by atoms with Crippen molar-refractivity contribution in [1.29, 1.82) is 0 Å². The molecule has 0 aromatic carbocycles. The van der Waals surface area contributed by atoms with Crippen molar-refractivity contribution in [3.63, 3.8) is 0 Å². The maximum Gasteiger partial charge on any atom is 0.373 e. The zero-order valence-corrected chi connectivity index (χ0v) is 18.0. The van der Waals surface area contributed by atoms with Crippen LogP contribution in [-0.2, 0) is 23.9 Å². The lowest BCUT2D eigenvalue weighted by Crippen LogP contribution is -2.51. The van der Waals surface area contributed by atoms with Gasteiger partial charge >= 0.3 is 5.97 Å². The van der Waals surface area contributed by atoms with Crippen molar-refractivity contribution in [2.45, 2.75) is 53.2 Å². The van der Waals surface area contributed by atoms with E-state index in [-0.39, 0.29) is 17.8 Å². The van der Waals surface area contributed by atoms with Crippen LogP contribution >= 0.6 is 0 Å². The summed E-state index contributed by atoms with van der Waals surface area (Å²) in [5, 5.41) is 2.62. The van der Waals surface area contributed by atoms with Crippen LogP contribution in [0.3, 0.4) is 0 Å². The first-order chi connectivity index (χ1) is 13.5. The summed E-state index contributed by atoms with van der Waals surface area (Å²) >= 11 is 0. The maximum absolute atomic E-state index is 12.0. The summed E-state index contributed by atoms with van der Waals surface area (Å²) in [6, 6.07) is -0.753. The first-order valence-electron chi connectivity index (χ1n) is 9.53. The lowest BCUT2D eigenvalue weighted by Gasteiger charge is -2.28. The number of nitrogens with two attached hydrogens (primary N) is 1. The number of cyclic esters (lactones) is 1. The highest BCUT2D eigenvalue weighted by Crippen LogP contribution is 2.22. The van der Waals surface area contributed by atoms with Gasteiger partial charge in [-0.3, -0.25) is 9.59 Å². The van der Waals surface area contributed by atoms with E-state index < -0.39 is 29.2 Å². The van der Waals surface area contributed by atoms with Crippen LogP contribution in [0.15, 0.2) is 47.8 Å². The molecule has 160 valence electrons. The van der Waals surface area contributed by atoms with E-state index in [1.54, 1.807) is 18.2 Å². The van der Waals surface area contributed by atoms with Crippen LogP contribution in [-0.4, -0.2) is 37.0 Å². The standard InChI is InChI=1S/C22H32N2O5/c1-14(13-15(2)16-11-12-17(28-6)21(27)29-16)9-7-8-10-18(25)24-19(20(23)26)22(3,4)5/h7-10,12-13,15-16,19H,11H2,1-6H3,(H2,23,26)(H,24,25)/b9-7-,10-8-,14-13+/t15-,16?,19-/m0/s1. The fraction of sp³-hybridized carbons (Fsp3) is 0.500. The monoisotopic (exact) mass is 404 g/mol. The number of nitrogens with one attached hydrogen (secondary N) is 1. The van der Waals surface area contributed by atoms with Gasteiger partial charge < -0.3 is 20.5 Å². The Labute approximate surface area is 172 Å². The van der Waals surface area contributed by atoms with E-state index in [1.807, 2.05) is 46.8 Å². The van der Waals surface area contributed by atoms with Crippen molar-refractivity contribution in [3.8, 4) is 0 Å². The molecule has 7 nitrogen and oxygen atoms in total. The predicted octanol–water partition coefficient (Wildman–Crippen LogP) is 2.54. The largest absolute Gasteiger partial charge is 0.490 e. The van der Waals surface area contributed by atoms with Gasteiger partial charge in [0.1, 0.15) is 12.1 Å². The highest BCUT2D eigenvalue weighted by atomic mass is 16.6. The summed E-state index contributed by atoms with van der Waals surface area (Å²) in [7, 11) is 1.44. The van der Waals surface area contributed by atoms with Crippen LogP contribution in [0.1, 0.15) is 41.0 Å². The molecule has 7 heteroatoms. The van der Waals surface area contributed by atoms with Crippen molar-refractivity contribution in [2.24, 2.45) is 17.1 Å². The second kappa shape index (κ2) is 10.6. The molecule has 0 radical (unpaired) electrons. The summed E-state index contributed by atoms with van der Waals surface area (Å²) in [6.45, 7) is 9.39. The van der Waals surface area contributed by atoms with Gasteiger partial charge in [-0.15, -0.1) is 0 Å². The predicted molar refractivity (Wildman–Crippen MR) is 111 cm³/mol. The molecule has 1 unspecified atom stereocenters.